The van der Waals surface area contributed by atoms with Crippen LogP contribution >= 0.6 is 0 Å². The smallest absolute Gasteiger partial charge is 0.336 e. The van der Waals surface area contributed by atoms with E-state index < -0.39 is 11.8 Å². The maximum absolute atomic E-state index is 14.0. The van der Waals surface area contributed by atoms with Crippen molar-refractivity contribution >= 4 is 5.97 Å². The number of nitrogens with zero attached hydrogens (tertiary/aromatic N) is 1. The molecule has 1 saturated carbocycles. The highest BCUT2D eigenvalue weighted by Crippen LogP contribution is 2.38. The molecule has 0 amide bonds. The number of carboxylic acid groups (broad SMARTS) is 1. The third kappa shape index (κ3) is 3.52. The van der Waals surface area contributed by atoms with Gasteiger partial charge in [-0.2, -0.15) is 5.26 Å². The van der Waals surface area contributed by atoms with Gasteiger partial charge in [0.05, 0.1) is 11.1 Å². The van der Waals surface area contributed by atoms with Gasteiger partial charge in [-0.15, -0.1) is 6.58 Å². The maximum Gasteiger partial charge on any atom is 0.336 e. The number of carbonyl (C=O) groups is 1. The molecule has 26 heavy (non-hydrogen) atoms. The van der Waals surface area contributed by atoms with Crippen molar-refractivity contribution in [3.05, 3.63) is 71.6 Å². The second kappa shape index (κ2) is 7.53. The molecule has 0 aromatic heterocycles. The van der Waals surface area contributed by atoms with E-state index in [1.54, 1.807) is 18.2 Å². The van der Waals surface area contributed by atoms with Gasteiger partial charge in [-0.1, -0.05) is 24.3 Å². The largest absolute Gasteiger partial charge is 0.478 e. The molecule has 0 bridgehead atoms. The minimum atomic E-state index is -1.05. The lowest BCUT2D eigenvalue weighted by molar-refractivity contribution is 0.0697. The SMILES string of the molecule is C=CC1CCC(c2ccc(C(=O)O)c(-c3ccc(C#N)c(F)c3)c2)CC1. The van der Waals surface area contributed by atoms with Gasteiger partial charge >= 0.3 is 5.97 Å². The first-order chi connectivity index (χ1) is 12.5. The molecule has 0 aliphatic heterocycles. The third-order valence-corrected chi connectivity index (χ3v) is 5.25. The summed E-state index contributed by atoms with van der Waals surface area (Å²) in [6.07, 6.45) is 6.23. The predicted octanol–water partition coefficient (Wildman–Crippen LogP) is 5.52. The quantitative estimate of drug-likeness (QED) is 0.739. The highest BCUT2D eigenvalue weighted by atomic mass is 19.1. The van der Waals surface area contributed by atoms with Crippen LogP contribution in [-0.4, -0.2) is 11.1 Å². The number of nitriles is 1. The van der Waals surface area contributed by atoms with Crippen LogP contribution in [0.3, 0.4) is 0 Å². The second-order valence-electron chi connectivity index (χ2n) is 6.76. The molecule has 0 radical (unpaired) electrons. The van der Waals surface area contributed by atoms with Crippen LogP contribution in [0.2, 0.25) is 0 Å². The summed E-state index contributed by atoms with van der Waals surface area (Å²) < 4.78 is 14.0. The molecule has 0 atom stereocenters. The van der Waals surface area contributed by atoms with Gasteiger partial charge < -0.3 is 5.11 Å². The van der Waals surface area contributed by atoms with Gasteiger partial charge in [0.2, 0.25) is 0 Å². The van der Waals surface area contributed by atoms with Gasteiger partial charge in [-0.05, 0) is 72.4 Å². The molecule has 1 aliphatic carbocycles. The molecule has 0 spiro atoms. The topological polar surface area (TPSA) is 61.1 Å². The average molecular weight is 349 g/mol. The number of hydrogen-bond donors (Lipinski definition) is 1. The zero-order valence-corrected chi connectivity index (χ0v) is 14.4. The van der Waals surface area contributed by atoms with Gasteiger partial charge in [0, 0.05) is 0 Å². The van der Waals surface area contributed by atoms with Crippen LogP contribution in [0.25, 0.3) is 11.1 Å². The van der Waals surface area contributed by atoms with Gasteiger partial charge in [0.15, 0.2) is 0 Å². The van der Waals surface area contributed by atoms with Gasteiger partial charge in [0.1, 0.15) is 11.9 Å². The second-order valence-corrected chi connectivity index (χ2v) is 6.76. The van der Waals surface area contributed by atoms with E-state index in [2.05, 4.69) is 6.58 Å². The van der Waals surface area contributed by atoms with E-state index in [4.69, 9.17) is 5.26 Å². The zero-order valence-electron chi connectivity index (χ0n) is 14.4. The van der Waals surface area contributed by atoms with Crippen LogP contribution in [0.1, 0.15) is 53.1 Å². The first-order valence-electron chi connectivity index (χ1n) is 8.73. The highest BCUT2D eigenvalue weighted by Gasteiger charge is 2.22. The Labute approximate surface area is 152 Å². The first-order valence-corrected chi connectivity index (χ1v) is 8.73. The molecule has 3 rings (SSSR count). The molecular weight excluding hydrogens is 329 g/mol. The highest BCUT2D eigenvalue weighted by molar-refractivity contribution is 5.96. The Morgan fingerprint density at radius 2 is 1.92 bits per heavy atom. The number of aromatic carboxylic acids is 1. The van der Waals surface area contributed by atoms with E-state index in [9.17, 15) is 14.3 Å². The van der Waals surface area contributed by atoms with Crippen LogP contribution in [-0.2, 0) is 0 Å². The van der Waals surface area contributed by atoms with Gasteiger partial charge in [0.25, 0.3) is 0 Å². The molecule has 0 saturated heterocycles. The lowest BCUT2D eigenvalue weighted by atomic mass is 9.78. The predicted molar refractivity (Wildman–Crippen MR) is 98.4 cm³/mol. The lowest BCUT2D eigenvalue weighted by Gasteiger charge is -2.27. The Hall–Kier alpha value is -2.93. The van der Waals surface area contributed by atoms with E-state index in [0.29, 0.717) is 23.0 Å². The molecule has 0 heterocycles. The monoisotopic (exact) mass is 349 g/mol. The van der Waals surface area contributed by atoms with Crippen molar-refractivity contribution in [1.82, 2.24) is 0 Å². The maximum atomic E-state index is 14.0. The van der Waals surface area contributed by atoms with Crippen molar-refractivity contribution in [2.75, 3.05) is 0 Å². The van der Waals surface area contributed by atoms with Crippen LogP contribution in [0.15, 0.2) is 49.1 Å². The summed E-state index contributed by atoms with van der Waals surface area (Å²) in [6.45, 7) is 3.87. The van der Waals surface area contributed by atoms with Crippen molar-refractivity contribution < 1.29 is 14.3 Å². The lowest BCUT2D eigenvalue weighted by Crippen LogP contribution is -2.12. The van der Waals surface area contributed by atoms with Gasteiger partial charge in [-0.3, -0.25) is 0 Å². The Morgan fingerprint density at radius 3 is 2.50 bits per heavy atom. The minimum absolute atomic E-state index is 0.0514. The summed E-state index contributed by atoms with van der Waals surface area (Å²) in [7, 11) is 0. The third-order valence-electron chi connectivity index (χ3n) is 5.25. The summed E-state index contributed by atoms with van der Waals surface area (Å²) in [6, 6.07) is 11.3. The Morgan fingerprint density at radius 1 is 1.19 bits per heavy atom. The van der Waals surface area contributed by atoms with E-state index in [1.807, 2.05) is 18.2 Å². The first kappa shape index (κ1) is 17.9. The summed E-state index contributed by atoms with van der Waals surface area (Å²) in [5, 5.41) is 18.4. The van der Waals surface area contributed by atoms with E-state index in [0.717, 1.165) is 31.2 Å². The van der Waals surface area contributed by atoms with Crippen molar-refractivity contribution in [3.63, 3.8) is 0 Å². The molecule has 132 valence electrons. The number of benzene rings is 2. The Bertz CT molecular complexity index is 890. The number of rotatable bonds is 4. The summed E-state index contributed by atoms with van der Waals surface area (Å²) >= 11 is 0. The van der Waals surface area contributed by atoms with Crippen molar-refractivity contribution in [3.8, 4) is 17.2 Å². The van der Waals surface area contributed by atoms with Crippen molar-refractivity contribution in [1.29, 1.82) is 5.26 Å². The van der Waals surface area contributed by atoms with Crippen LogP contribution < -0.4 is 0 Å². The Balaban J connectivity index is 2.00. The van der Waals surface area contributed by atoms with E-state index in [-0.39, 0.29) is 11.1 Å². The molecule has 1 fully saturated rings. The molecule has 0 unspecified atom stereocenters. The molecule has 1 aliphatic rings. The fourth-order valence-corrected chi connectivity index (χ4v) is 3.70. The molecule has 1 N–H and O–H groups in total. The minimum Gasteiger partial charge on any atom is -0.478 e. The Kier molecular flexibility index (Phi) is 5.18. The number of halogens is 1. The number of allylic oxidation sites excluding steroid dienone is 1. The standard InChI is InChI=1S/C22H20FNO2/c1-2-14-3-5-15(6-4-14)16-9-10-19(22(25)26)20(11-16)17-7-8-18(13-24)21(23)12-17/h2,7-12,14-15H,1,3-6H2,(H,25,26). The summed E-state index contributed by atoms with van der Waals surface area (Å²) in [4.78, 5) is 11.6. The van der Waals surface area contributed by atoms with Crippen LogP contribution in [0, 0.1) is 23.1 Å². The number of hydrogen-bond acceptors (Lipinski definition) is 2. The fourth-order valence-electron chi connectivity index (χ4n) is 3.70. The number of carboxylic acids is 1. The summed E-state index contributed by atoms with van der Waals surface area (Å²) in [5.41, 5.74) is 2.13. The molecule has 2 aromatic rings. The average Bonchev–Trinajstić information content (AvgIpc) is 2.67. The fraction of sp³-hybridized carbons (Fsp3) is 0.273. The molecule has 2 aromatic carbocycles. The normalized spacial score (nSPS) is 19.5. The van der Waals surface area contributed by atoms with Gasteiger partial charge in [-0.25, -0.2) is 9.18 Å². The molecular formula is C22H20FNO2. The van der Waals surface area contributed by atoms with Crippen LogP contribution in [0.4, 0.5) is 4.39 Å². The summed E-state index contributed by atoms with van der Waals surface area (Å²) in [5.74, 6) is -0.766. The van der Waals surface area contributed by atoms with E-state index in [1.165, 1.54) is 12.1 Å². The van der Waals surface area contributed by atoms with Crippen molar-refractivity contribution in [2.45, 2.75) is 31.6 Å². The molecule has 4 heteroatoms. The van der Waals surface area contributed by atoms with Crippen LogP contribution in [0.5, 0.6) is 0 Å². The van der Waals surface area contributed by atoms with Crippen molar-refractivity contribution in [2.24, 2.45) is 5.92 Å². The molecule has 3 nitrogen and oxygen atoms in total. The zero-order chi connectivity index (χ0) is 18.7. The van der Waals surface area contributed by atoms with E-state index >= 15 is 0 Å².